The first-order valence-corrected chi connectivity index (χ1v) is 5.33. The van der Waals surface area contributed by atoms with Gasteiger partial charge in [-0.2, -0.15) is 0 Å². The van der Waals surface area contributed by atoms with Crippen molar-refractivity contribution in [3.63, 3.8) is 0 Å². The van der Waals surface area contributed by atoms with Crippen LogP contribution in [0.1, 0.15) is 12.8 Å². The first-order chi connectivity index (χ1) is 6.66. The summed E-state index contributed by atoms with van der Waals surface area (Å²) in [5, 5.41) is 8.72. The minimum absolute atomic E-state index is 0.619. The Bertz CT molecular complexity index is 226. The average molecular weight is 198 g/mol. The summed E-state index contributed by atoms with van der Waals surface area (Å²) in [6.45, 7) is 3.87. The predicted molar refractivity (Wildman–Crippen MR) is 53.3 cm³/mol. The highest BCUT2D eigenvalue weighted by atomic mass is 16.4. The summed E-state index contributed by atoms with van der Waals surface area (Å²) in [4.78, 5) is 14.5. The summed E-state index contributed by atoms with van der Waals surface area (Å²) in [7, 11) is 2.15. The van der Waals surface area contributed by atoms with Gasteiger partial charge in [0.05, 0.1) is 0 Å². The molecule has 0 saturated carbocycles. The van der Waals surface area contributed by atoms with Gasteiger partial charge in [-0.15, -0.1) is 0 Å². The van der Waals surface area contributed by atoms with E-state index < -0.39 is 6.09 Å². The first-order valence-electron chi connectivity index (χ1n) is 5.33. The van der Waals surface area contributed by atoms with Crippen LogP contribution in [-0.2, 0) is 0 Å². The predicted octanol–water partition coefficient (Wildman–Crippen LogP) is 0.938. The third-order valence-corrected chi connectivity index (χ3v) is 3.51. The number of carboxylic acid groups (broad SMARTS) is 1. The summed E-state index contributed by atoms with van der Waals surface area (Å²) in [5.41, 5.74) is 0. The van der Waals surface area contributed by atoms with Crippen LogP contribution in [0, 0.1) is 11.8 Å². The van der Waals surface area contributed by atoms with Crippen molar-refractivity contribution in [1.82, 2.24) is 9.80 Å². The van der Waals surface area contributed by atoms with E-state index in [4.69, 9.17) is 5.11 Å². The van der Waals surface area contributed by atoms with Crippen LogP contribution in [-0.4, -0.2) is 54.2 Å². The summed E-state index contributed by atoms with van der Waals surface area (Å²) in [6, 6.07) is 0. The van der Waals surface area contributed by atoms with Gasteiger partial charge in [-0.1, -0.05) is 0 Å². The number of piperidine rings is 1. The van der Waals surface area contributed by atoms with Crippen LogP contribution in [0.2, 0.25) is 0 Å². The molecule has 2 fully saturated rings. The molecule has 80 valence electrons. The zero-order valence-electron chi connectivity index (χ0n) is 8.65. The molecule has 1 amide bonds. The second kappa shape index (κ2) is 3.77. The van der Waals surface area contributed by atoms with Crippen molar-refractivity contribution in [2.45, 2.75) is 12.8 Å². The van der Waals surface area contributed by atoms with Gasteiger partial charge in [0.1, 0.15) is 0 Å². The Morgan fingerprint density at radius 1 is 1.29 bits per heavy atom. The molecule has 2 aliphatic rings. The summed E-state index contributed by atoms with van der Waals surface area (Å²) in [6.07, 6.45) is 1.79. The molecule has 0 aromatic carbocycles. The molecule has 2 saturated heterocycles. The Hall–Kier alpha value is -0.770. The Morgan fingerprint density at radius 3 is 2.57 bits per heavy atom. The molecule has 0 spiro atoms. The van der Waals surface area contributed by atoms with Crippen LogP contribution in [0.4, 0.5) is 4.79 Å². The largest absolute Gasteiger partial charge is 0.465 e. The topological polar surface area (TPSA) is 43.8 Å². The van der Waals surface area contributed by atoms with Crippen LogP contribution in [0.5, 0.6) is 0 Å². The molecule has 0 radical (unpaired) electrons. The number of carbonyl (C=O) groups is 1. The molecule has 2 rings (SSSR count). The van der Waals surface area contributed by atoms with Gasteiger partial charge in [-0.05, 0) is 38.3 Å². The normalized spacial score (nSPS) is 30.1. The maximum absolute atomic E-state index is 10.6. The minimum Gasteiger partial charge on any atom is -0.465 e. The molecule has 0 aliphatic carbocycles. The molecule has 0 bridgehead atoms. The van der Waals surface area contributed by atoms with Gasteiger partial charge >= 0.3 is 6.09 Å². The summed E-state index contributed by atoms with van der Waals surface area (Å²) < 4.78 is 0. The highest BCUT2D eigenvalue weighted by molar-refractivity contribution is 5.66. The van der Waals surface area contributed by atoms with Crippen molar-refractivity contribution in [3.05, 3.63) is 0 Å². The quantitative estimate of drug-likeness (QED) is 0.682. The Morgan fingerprint density at radius 2 is 2.00 bits per heavy atom. The second-order valence-corrected chi connectivity index (χ2v) is 4.61. The second-order valence-electron chi connectivity index (χ2n) is 4.61. The van der Waals surface area contributed by atoms with E-state index >= 15 is 0 Å². The fourth-order valence-electron chi connectivity index (χ4n) is 2.56. The zero-order chi connectivity index (χ0) is 10.1. The lowest BCUT2D eigenvalue weighted by Gasteiger charge is -2.44. The van der Waals surface area contributed by atoms with E-state index in [0.29, 0.717) is 5.92 Å². The molecule has 2 heterocycles. The fourth-order valence-corrected chi connectivity index (χ4v) is 2.56. The summed E-state index contributed by atoms with van der Waals surface area (Å²) in [5.74, 6) is 1.35. The van der Waals surface area contributed by atoms with Crippen molar-refractivity contribution in [1.29, 1.82) is 0 Å². The van der Waals surface area contributed by atoms with E-state index in [0.717, 1.165) is 25.6 Å². The van der Waals surface area contributed by atoms with Crippen molar-refractivity contribution in [2.75, 3.05) is 33.2 Å². The number of nitrogens with zero attached hydrogens (tertiary/aromatic N) is 2. The highest BCUT2D eigenvalue weighted by Gasteiger charge is 2.37. The molecule has 14 heavy (non-hydrogen) atoms. The maximum atomic E-state index is 10.6. The molecular formula is C10H18N2O2. The van der Waals surface area contributed by atoms with Gasteiger partial charge in [-0.3, -0.25) is 0 Å². The number of rotatable bonds is 1. The van der Waals surface area contributed by atoms with Gasteiger partial charge in [0, 0.05) is 19.6 Å². The van der Waals surface area contributed by atoms with Crippen LogP contribution in [0.25, 0.3) is 0 Å². The molecule has 4 heteroatoms. The van der Waals surface area contributed by atoms with Crippen molar-refractivity contribution >= 4 is 6.09 Å². The standard InChI is InChI=1S/C10H18N2O2/c1-11-4-2-3-8(5-11)9-6-12(7-9)10(13)14/h8-9H,2-7H2,1H3,(H,13,14). The van der Waals surface area contributed by atoms with Crippen LogP contribution < -0.4 is 0 Å². The fraction of sp³-hybridized carbons (Fsp3) is 0.900. The zero-order valence-corrected chi connectivity index (χ0v) is 8.65. The maximum Gasteiger partial charge on any atom is 0.407 e. The van der Waals surface area contributed by atoms with Gasteiger partial charge in [0.15, 0.2) is 0 Å². The van der Waals surface area contributed by atoms with Gasteiger partial charge in [-0.25, -0.2) is 4.79 Å². The lowest BCUT2D eigenvalue weighted by molar-refractivity contribution is 0.0317. The van der Waals surface area contributed by atoms with E-state index in [1.165, 1.54) is 24.3 Å². The van der Waals surface area contributed by atoms with E-state index in [2.05, 4.69) is 11.9 Å². The van der Waals surface area contributed by atoms with Crippen LogP contribution in [0.3, 0.4) is 0 Å². The smallest absolute Gasteiger partial charge is 0.407 e. The molecule has 0 aromatic rings. The number of hydrogen-bond donors (Lipinski definition) is 1. The van der Waals surface area contributed by atoms with Crippen molar-refractivity contribution in [3.8, 4) is 0 Å². The van der Waals surface area contributed by atoms with Crippen LogP contribution in [0.15, 0.2) is 0 Å². The Balaban J connectivity index is 1.78. The Labute approximate surface area is 84.5 Å². The number of hydrogen-bond acceptors (Lipinski definition) is 2. The molecule has 1 unspecified atom stereocenters. The molecule has 2 aliphatic heterocycles. The van der Waals surface area contributed by atoms with Crippen LogP contribution >= 0.6 is 0 Å². The third kappa shape index (κ3) is 1.85. The van der Waals surface area contributed by atoms with Gasteiger partial charge < -0.3 is 14.9 Å². The first kappa shape index (κ1) is 9.77. The van der Waals surface area contributed by atoms with E-state index in [1.807, 2.05) is 0 Å². The summed E-state index contributed by atoms with van der Waals surface area (Å²) >= 11 is 0. The molecular weight excluding hydrogens is 180 g/mol. The lowest BCUT2D eigenvalue weighted by atomic mass is 9.81. The van der Waals surface area contributed by atoms with E-state index in [1.54, 1.807) is 0 Å². The minimum atomic E-state index is -0.759. The van der Waals surface area contributed by atoms with E-state index in [9.17, 15) is 4.79 Å². The average Bonchev–Trinajstić information content (AvgIpc) is 2.00. The van der Waals surface area contributed by atoms with Gasteiger partial charge in [0.2, 0.25) is 0 Å². The number of amides is 1. The van der Waals surface area contributed by atoms with Crippen molar-refractivity contribution < 1.29 is 9.90 Å². The number of likely N-dealkylation sites (tertiary alicyclic amines) is 2. The molecule has 1 atom stereocenters. The third-order valence-electron chi connectivity index (χ3n) is 3.51. The van der Waals surface area contributed by atoms with E-state index in [-0.39, 0.29) is 0 Å². The monoisotopic (exact) mass is 198 g/mol. The van der Waals surface area contributed by atoms with Gasteiger partial charge in [0.25, 0.3) is 0 Å². The highest BCUT2D eigenvalue weighted by Crippen LogP contribution is 2.30. The lowest BCUT2D eigenvalue weighted by Crippen LogP contribution is -2.54. The van der Waals surface area contributed by atoms with Crippen molar-refractivity contribution in [2.24, 2.45) is 11.8 Å². The molecule has 1 N–H and O–H groups in total. The Kier molecular flexibility index (Phi) is 2.63. The molecule has 4 nitrogen and oxygen atoms in total. The molecule has 0 aromatic heterocycles. The SMILES string of the molecule is CN1CCCC(C2CN(C(=O)O)C2)C1.